The number of fused-ring (bicyclic) bond motifs is 3. The molecule has 1 aliphatic rings. The third kappa shape index (κ3) is 3.83. The first-order valence-corrected chi connectivity index (χ1v) is 11.3. The van der Waals surface area contributed by atoms with Gasteiger partial charge in [0, 0.05) is 25.8 Å². The van der Waals surface area contributed by atoms with E-state index < -0.39 is 6.23 Å². The molecular weight excluding hydrogens is 508 g/mol. The quantitative estimate of drug-likeness (QED) is 0.440. The molecule has 3 aromatic rings. The largest absolute Gasteiger partial charge is 0.494 e. The molecule has 9 heteroatoms. The lowest BCUT2D eigenvalue weighted by molar-refractivity contribution is 0.223. The van der Waals surface area contributed by atoms with Crippen LogP contribution in [0.3, 0.4) is 0 Å². The van der Waals surface area contributed by atoms with Crippen LogP contribution in [0.15, 0.2) is 50.5 Å². The molecule has 1 unspecified atom stereocenters. The summed E-state index contributed by atoms with van der Waals surface area (Å²) in [6.45, 7) is 2.55. The van der Waals surface area contributed by atoms with Crippen molar-refractivity contribution in [2.45, 2.75) is 18.3 Å². The molecule has 0 aliphatic carbocycles. The number of nitrogens with zero attached hydrogens (tertiary/aromatic N) is 3. The van der Waals surface area contributed by atoms with Crippen molar-refractivity contribution in [2.24, 2.45) is 0 Å². The fourth-order valence-electron chi connectivity index (χ4n) is 2.88. The van der Waals surface area contributed by atoms with Crippen molar-refractivity contribution in [3.8, 4) is 22.9 Å². The molecule has 1 N–H and O–H groups in total. The topological polar surface area (TPSA) is 69.2 Å². The van der Waals surface area contributed by atoms with Crippen molar-refractivity contribution in [3.63, 3.8) is 0 Å². The second-order valence-corrected chi connectivity index (χ2v) is 8.44. The molecule has 2 aromatic carbocycles. The van der Waals surface area contributed by atoms with Crippen LogP contribution in [-0.2, 0) is 0 Å². The van der Waals surface area contributed by atoms with Crippen molar-refractivity contribution in [3.05, 3.63) is 50.9 Å². The van der Waals surface area contributed by atoms with Crippen LogP contribution in [0.1, 0.15) is 18.7 Å². The van der Waals surface area contributed by atoms with Gasteiger partial charge in [0.15, 0.2) is 11.9 Å². The predicted molar refractivity (Wildman–Crippen MR) is 117 cm³/mol. The molecule has 28 heavy (non-hydrogen) atoms. The highest BCUT2D eigenvalue weighted by molar-refractivity contribution is 9.10. The number of hydrogen-bond acceptors (Lipinski definition) is 7. The molecule has 6 nitrogen and oxygen atoms in total. The molecule has 144 valence electrons. The molecule has 1 aromatic heterocycles. The zero-order valence-corrected chi connectivity index (χ0v) is 19.1. The summed E-state index contributed by atoms with van der Waals surface area (Å²) >= 11 is 8.57. The van der Waals surface area contributed by atoms with Gasteiger partial charge in [-0.25, -0.2) is 0 Å². The molecule has 1 aliphatic heterocycles. The smallest absolute Gasteiger partial charge is 0.247 e. The Morgan fingerprint density at radius 2 is 2.04 bits per heavy atom. The summed E-state index contributed by atoms with van der Waals surface area (Å²) in [4.78, 5) is 4.55. The van der Waals surface area contributed by atoms with Gasteiger partial charge in [0.2, 0.25) is 11.0 Å². The maximum absolute atomic E-state index is 6.28. The van der Waals surface area contributed by atoms with Gasteiger partial charge in [0.1, 0.15) is 5.75 Å². The van der Waals surface area contributed by atoms with Gasteiger partial charge < -0.3 is 14.8 Å². The Kier molecular flexibility index (Phi) is 5.75. The molecule has 0 fully saturated rings. The lowest BCUT2D eigenvalue weighted by Gasteiger charge is -2.21. The van der Waals surface area contributed by atoms with Gasteiger partial charge in [0.05, 0.1) is 6.61 Å². The van der Waals surface area contributed by atoms with E-state index in [-0.39, 0.29) is 0 Å². The van der Waals surface area contributed by atoms with E-state index in [1.165, 1.54) is 11.8 Å². The number of ether oxygens (including phenoxy) is 2. The van der Waals surface area contributed by atoms with Crippen LogP contribution in [0.2, 0.25) is 0 Å². The predicted octanol–water partition coefficient (Wildman–Crippen LogP) is 5.69. The number of rotatable bonds is 4. The van der Waals surface area contributed by atoms with Gasteiger partial charge in [-0.1, -0.05) is 43.6 Å². The SMILES string of the molecule is CCOc1ccc(Br)c(C2Nc3ccc(Br)cc3-c3nnc(SC)nc3O2)c1. The Morgan fingerprint density at radius 3 is 2.82 bits per heavy atom. The molecule has 0 amide bonds. The number of benzene rings is 2. The Bertz CT molecular complexity index is 1030. The molecule has 1 atom stereocenters. The summed E-state index contributed by atoms with van der Waals surface area (Å²) in [5.74, 6) is 1.21. The Balaban J connectivity index is 1.86. The van der Waals surface area contributed by atoms with Crippen molar-refractivity contribution in [1.29, 1.82) is 0 Å². The van der Waals surface area contributed by atoms with Crippen LogP contribution in [0, 0.1) is 0 Å². The lowest BCUT2D eigenvalue weighted by Crippen LogP contribution is -2.18. The van der Waals surface area contributed by atoms with E-state index in [1.807, 2.05) is 49.6 Å². The third-order valence-electron chi connectivity index (χ3n) is 4.13. The van der Waals surface area contributed by atoms with Crippen molar-refractivity contribution in [1.82, 2.24) is 15.2 Å². The highest BCUT2D eigenvalue weighted by Gasteiger charge is 2.27. The van der Waals surface area contributed by atoms with Gasteiger partial charge in [-0.05, 0) is 49.6 Å². The van der Waals surface area contributed by atoms with Crippen LogP contribution >= 0.6 is 43.6 Å². The first-order chi connectivity index (χ1) is 13.6. The molecule has 0 spiro atoms. The van der Waals surface area contributed by atoms with E-state index in [0.29, 0.717) is 23.3 Å². The zero-order chi connectivity index (χ0) is 19.7. The molecule has 0 saturated heterocycles. The van der Waals surface area contributed by atoms with Gasteiger partial charge >= 0.3 is 0 Å². The Morgan fingerprint density at radius 1 is 1.18 bits per heavy atom. The van der Waals surface area contributed by atoms with Crippen LogP contribution in [0.5, 0.6) is 11.6 Å². The Labute approximate surface area is 183 Å². The number of thioether (sulfide) groups is 1. The molecule has 0 saturated carbocycles. The van der Waals surface area contributed by atoms with Gasteiger partial charge in [0.25, 0.3) is 0 Å². The molecule has 0 radical (unpaired) electrons. The minimum absolute atomic E-state index is 0.433. The van der Waals surface area contributed by atoms with E-state index in [0.717, 1.165) is 31.5 Å². The standard InChI is InChI=1S/C19H16Br2N4O2S/c1-3-26-11-5-6-14(21)12(9-11)17-22-15-7-4-10(20)8-13(15)16-18(27-17)23-19(28-2)25-24-16/h4-9,17,22H,3H2,1-2H3. The molecule has 2 heterocycles. The minimum Gasteiger partial charge on any atom is -0.494 e. The monoisotopic (exact) mass is 522 g/mol. The van der Waals surface area contributed by atoms with E-state index in [2.05, 4.69) is 52.4 Å². The van der Waals surface area contributed by atoms with E-state index in [1.54, 1.807) is 0 Å². The van der Waals surface area contributed by atoms with E-state index in [4.69, 9.17) is 9.47 Å². The van der Waals surface area contributed by atoms with Crippen molar-refractivity contribution in [2.75, 3.05) is 18.2 Å². The van der Waals surface area contributed by atoms with Crippen molar-refractivity contribution >= 4 is 49.3 Å². The number of nitrogens with one attached hydrogen (secondary N) is 1. The number of aromatic nitrogens is 3. The Hall–Kier alpha value is -1.84. The normalized spacial score (nSPS) is 14.9. The molecule has 0 bridgehead atoms. The summed E-state index contributed by atoms with van der Waals surface area (Å²) in [5.41, 5.74) is 3.25. The average Bonchev–Trinajstić information content (AvgIpc) is 2.85. The van der Waals surface area contributed by atoms with Crippen LogP contribution in [0.25, 0.3) is 11.3 Å². The second kappa shape index (κ2) is 8.26. The number of anilines is 1. The molecular formula is C19H16Br2N4O2S. The van der Waals surface area contributed by atoms with Crippen molar-refractivity contribution < 1.29 is 9.47 Å². The highest BCUT2D eigenvalue weighted by Crippen LogP contribution is 2.42. The first kappa shape index (κ1) is 19.5. The first-order valence-electron chi connectivity index (χ1n) is 8.53. The molecule has 4 rings (SSSR count). The maximum atomic E-state index is 6.28. The number of hydrogen-bond donors (Lipinski definition) is 1. The van der Waals surface area contributed by atoms with E-state index >= 15 is 0 Å². The second-order valence-electron chi connectivity index (χ2n) is 5.90. The zero-order valence-electron chi connectivity index (χ0n) is 15.1. The summed E-state index contributed by atoms with van der Waals surface area (Å²) in [6, 6.07) is 11.8. The average molecular weight is 524 g/mol. The fraction of sp³-hybridized carbons (Fsp3) is 0.211. The van der Waals surface area contributed by atoms with Gasteiger partial charge in [-0.2, -0.15) is 4.98 Å². The van der Waals surface area contributed by atoms with Gasteiger partial charge in [-0.15, -0.1) is 10.2 Å². The highest BCUT2D eigenvalue weighted by atomic mass is 79.9. The summed E-state index contributed by atoms with van der Waals surface area (Å²) in [7, 11) is 0. The third-order valence-corrected chi connectivity index (χ3v) is 5.89. The lowest BCUT2D eigenvalue weighted by atomic mass is 10.1. The van der Waals surface area contributed by atoms with Crippen LogP contribution in [-0.4, -0.2) is 28.0 Å². The summed E-state index contributed by atoms with van der Waals surface area (Å²) < 4.78 is 13.8. The van der Waals surface area contributed by atoms with Crippen LogP contribution < -0.4 is 14.8 Å². The fourth-order valence-corrected chi connectivity index (χ4v) is 3.99. The maximum Gasteiger partial charge on any atom is 0.247 e. The summed E-state index contributed by atoms with van der Waals surface area (Å²) in [5, 5.41) is 12.6. The van der Waals surface area contributed by atoms with E-state index in [9.17, 15) is 0 Å². The van der Waals surface area contributed by atoms with Crippen LogP contribution in [0.4, 0.5) is 5.69 Å². The van der Waals surface area contributed by atoms with Gasteiger partial charge in [-0.3, -0.25) is 0 Å². The number of halogens is 2. The summed E-state index contributed by atoms with van der Waals surface area (Å²) in [6.07, 6.45) is 1.42. The minimum atomic E-state index is -0.484.